The van der Waals surface area contributed by atoms with Crippen molar-refractivity contribution >= 4 is 11.6 Å². The van der Waals surface area contributed by atoms with Gasteiger partial charge in [0.1, 0.15) is 0 Å². The Balaban J connectivity index is 2.98. The number of benzene rings is 1. The summed E-state index contributed by atoms with van der Waals surface area (Å²) in [6.45, 7) is 4.68. The molecule has 1 aromatic carbocycles. The first-order chi connectivity index (χ1) is 7.22. The topological polar surface area (TPSA) is 18.5 Å². The SMILES string of the molecule is CCOc1cc([C@@H](C)CCl)ccc1OC. The van der Waals surface area contributed by atoms with Crippen LogP contribution in [0.4, 0.5) is 0 Å². The molecule has 0 fully saturated rings. The molecule has 0 aliphatic heterocycles. The molecule has 0 radical (unpaired) electrons. The lowest BCUT2D eigenvalue weighted by Crippen LogP contribution is -1.99. The van der Waals surface area contributed by atoms with Crippen molar-refractivity contribution in [3.63, 3.8) is 0 Å². The van der Waals surface area contributed by atoms with E-state index in [1.807, 2.05) is 25.1 Å². The molecular weight excluding hydrogens is 212 g/mol. The van der Waals surface area contributed by atoms with E-state index in [9.17, 15) is 0 Å². The molecule has 0 N–H and O–H groups in total. The number of halogens is 1. The molecular formula is C12H17ClO2. The summed E-state index contributed by atoms with van der Waals surface area (Å²) >= 11 is 5.82. The summed E-state index contributed by atoms with van der Waals surface area (Å²) in [6.07, 6.45) is 0. The van der Waals surface area contributed by atoms with Crippen LogP contribution in [0.25, 0.3) is 0 Å². The second kappa shape index (κ2) is 5.86. The summed E-state index contributed by atoms with van der Waals surface area (Å²) in [7, 11) is 1.64. The molecule has 0 aliphatic carbocycles. The zero-order valence-corrected chi connectivity index (χ0v) is 10.2. The van der Waals surface area contributed by atoms with Gasteiger partial charge in [0.15, 0.2) is 11.5 Å². The number of hydrogen-bond acceptors (Lipinski definition) is 2. The molecule has 1 atom stereocenters. The molecule has 0 bridgehead atoms. The van der Waals surface area contributed by atoms with E-state index in [4.69, 9.17) is 21.1 Å². The van der Waals surface area contributed by atoms with Gasteiger partial charge in [-0.2, -0.15) is 0 Å². The summed E-state index contributed by atoms with van der Waals surface area (Å²) in [6, 6.07) is 5.94. The largest absolute Gasteiger partial charge is 0.493 e. The van der Waals surface area contributed by atoms with Gasteiger partial charge in [-0.05, 0) is 30.5 Å². The average molecular weight is 229 g/mol. The van der Waals surface area contributed by atoms with Gasteiger partial charge in [-0.15, -0.1) is 11.6 Å². The molecule has 15 heavy (non-hydrogen) atoms. The first-order valence-electron chi connectivity index (χ1n) is 5.09. The highest BCUT2D eigenvalue weighted by Crippen LogP contribution is 2.31. The Morgan fingerprint density at radius 3 is 2.60 bits per heavy atom. The average Bonchev–Trinajstić information content (AvgIpc) is 2.28. The Morgan fingerprint density at radius 2 is 2.07 bits per heavy atom. The second-order valence-corrected chi connectivity index (χ2v) is 3.71. The molecule has 0 spiro atoms. The Morgan fingerprint density at radius 1 is 1.33 bits per heavy atom. The number of methoxy groups -OCH3 is 1. The van der Waals surface area contributed by atoms with Crippen molar-refractivity contribution in [2.75, 3.05) is 19.6 Å². The van der Waals surface area contributed by atoms with Crippen LogP contribution in [0.5, 0.6) is 11.5 Å². The molecule has 0 aromatic heterocycles. The van der Waals surface area contributed by atoms with Crippen molar-refractivity contribution in [3.8, 4) is 11.5 Å². The second-order valence-electron chi connectivity index (χ2n) is 3.40. The maximum absolute atomic E-state index is 5.82. The van der Waals surface area contributed by atoms with E-state index >= 15 is 0 Å². The zero-order chi connectivity index (χ0) is 11.3. The molecule has 0 aliphatic rings. The van der Waals surface area contributed by atoms with E-state index in [0.29, 0.717) is 18.4 Å². The fraction of sp³-hybridized carbons (Fsp3) is 0.500. The normalized spacial score (nSPS) is 12.3. The molecule has 1 rings (SSSR count). The van der Waals surface area contributed by atoms with Crippen LogP contribution in [0.2, 0.25) is 0 Å². The third kappa shape index (κ3) is 3.03. The van der Waals surface area contributed by atoms with Gasteiger partial charge in [-0.25, -0.2) is 0 Å². The Bertz CT molecular complexity index is 312. The van der Waals surface area contributed by atoms with Crippen molar-refractivity contribution in [3.05, 3.63) is 23.8 Å². The smallest absolute Gasteiger partial charge is 0.161 e. The molecule has 0 saturated carbocycles. The Kier molecular flexibility index (Phi) is 4.76. The number of hydrogen-bond donors (Lipinski definition) is 0. The maximum atomic E-state index is 5.82. The van der Waals surface area contributed by atoms with Crippen LogP contribution in [0.3, 0.4) is 0 Å². The minimum absolute atomic E-state index is 0.330. The Hall–Kier alpha value is -0.890. The number of alkyl halides is 1. The van der Waals surface area contributed by atoms with Crippen LogP contribution >= 0.6 is 11.6 Å². The summed E-state index contributed by atoms with van der Waals surface area (Å²) in [5.74, 6) is 2.49. The van der Waals surface area contributed by atoms with Crippen LogP contribution in [0.1, 0.15) is 25.3 Å². The van der Waals surface area contributed by atoms with E-state index in [-0.39, 0.29) is 0 Å². The Labute approximate surface area is 96.2 Å². The van der Waals surface area contributed by atoms with Crippen LogP contribution in [0, 0.1) is 0 Å². The third-order valence-corrected chi connectivity index (χ3v) is 2.75. The molecule has 0 amide bonds. The van der Waals surface area contributed by atoms with Gasteiger partial charge in [0, 0.05) is 5.88 Å². The summed E-state index contributed by atoms with van der Waals surface area (Å²) < 4.78 is 10.7. The van der Waals surface area contributed by atoms with E-state index in [1.165, 1.54) is 5.56 Å². The zero-order valence-electron chi connectivity index (χ0n) is 9.42. The van der Waals surface area contributed by atoms with Gasteiger partial charge >= 0.3 is 0 Å². The maximum Gasteiger partial charge on any atom is 0.161 e. The van der Waals surface area contributed by atoms with E-state index < -0.39 is 0 Å². The lowest BCUT2D eigenvalue weighted by Gasteiger charge is -2.13. The highest BCUT2D eigenvalue weighted by atomic mass is 35.5. The minimum atomic E-state index is 0.330. The standard InChI is InChI=1S/C12H17ClO2/c1-4-15-12-7-10(9(2)8-13)5-6-11(12)14-3/h5-7,9H,4,8H2,1-3H3/t9-/m0/s1. The van der Waals surface area contributed by atoms with Gasteiger partial charge in [-0.3, -0.25) is 0 Å². The van der Waals surface area contributed by atoms with Gasteiger partial charge in [0.25, 0.3) is 0 Å². The molecule has 0 unspecified atom stereocenters. The van der Waals surface area contributed by atoms with E-state index in [1.54, 1.807) is 7.11 Å². The highest BCUT2D eigenvalue weighted by Gasteiger charge is 2.09. The van der Waals surface area contributed by atoms with Crippen LogP contribution in [0.15, 0.2) is 18.2 Å². The molecule has 0 heterocycles. The van der Waals surface area contributed by atoms with Gasteiger partial charge < -0.3 is 9.47 Å². The molecule has 3 heteroatoms. The van der Waals surface area contributed by atoms with E-state index in [2.05, 4.69) is 6.92 Å². The third-order valence-electron chi connectivity index (χ3n) is 2.29. The van der Waals surface area contributed by atoms with Crippen molar-refractivity contribution in [2.24, 2.45) is 0 Å². The molecule has 1 aromatic rings. The summed E-state index contributed by atoms with van der Waals surface area (Å²) in [5, 5.41) is 0. The molecule has 84 valence electrons. The van der Waals surface area contributed by atoms with Crippen molar-refractivity contribution in [1.82, 2.24) is 0 Å². The van der Waals surface area contributed by atoms with Gasteiger partial charge in [0.2, 0.25) is 0 Å². The van der Waals surface area contributed by atoms with Crippen molar-refractivity contribution in [1.29, 1.82) is 0 Å². The van der Waals surface area contributed by atoms with Crippen molar-refractivity contribution < 1.29 is 9.47 Å². The molecule has 0 saturated heterocycles. The van der Waals surface area contributed by atoms with E-state index in [0.717, 1.165) is 11.5 Å². The van der Waals surface area contributed by atoms with Crippen LogP contribution in [-0.4, -0.2) is 19.6 Å². The predicted octanol–water partition coefficient (Wildman–Crippen LogP) is 3.44. The monoisotopic (exact) mass is 228 g/mol. The summed E-state index contributed by atoms with van der Waals surface area (Å²) in [4.78, 5) is 0. The first-order valence-corrected chi connectivity index (χ1v) is 5.63. The molecule has 2 nitrogen and oxygen atoms in total. The van der Waals surface area contributed by atoms with Crippen LogP contribution < -0.4 is 9.47 Å². The first kappa shape index (κ1) is 12.2. The number of rotatable bonds is 5. The fourth-order valence-electron chi connectivity index (χ4n) is 1.36. The lowest BCUT2D eigenvalue weighted by molar-refractivity contribution is 0.310. The predicted molar refractivity (Wildman–Crippen MR) is 63.3 cm³/mol. The lowest BCUT2D eigenvalue weighted by atomic mass is 10.0. The fourth-order valence-corrected chi connectivity index (χ4v) is 1.54. The quantitative estimate of drug-likeness (QED) is 0.719. The number of ether oxygens (including phenoxy) is 2. The highest BCUT2D eigenvalue weighted by molar-refractivity contribution is 6.18. The van der Waals surface area contributed by atoms with Gasteiger partial charge in [-0.1, -0.05) is 13.0 Å². The summed E-state index contributed by atoms with van der Waals surface area (Å²) in [5.41, 5.74) is 1.18. The van der Waals surface area contributed by atoms with Crippen LogP contribution in [-0.2, 0) is 0 Å². The minimum Gasteiger partial charge on any atom is -0.493 e. The van der Waals surface area contributed by atoms with Gasteiger partial charge in [0.05, 0.1) is 13.7 Å². The van der Waals surface area contributed by atoms with Crippen molar-refractivity contribution in [2.45, 2.75) is 19.8 Å².